The van der Waals surface area contributed by atoms with Crippen molar-refractivity contribution in [3.05, 3.63) is 53.6 Å². The number of hydrogen-bond donors (Lipinski definition) is 2. The number of aromatic nitrogens is 1. The number of ether oxygens (including phenoxy) is 1. The molecular formula is C18H17N3O3. The Morgan fingerprint density at radius 2 is 2.04 bits per heavy atom. The molecule has 3 rings (SSSR count). The van der Waals surface area contributed by atoms with Crippen molar-refractivity contribution < 1.29 is 14.6 Å². The van der Waals surface area contributed by atoms with Gasteiger partial charge in [0.05, 0.1) is 18.2 Å². The van der Waals surface area contributed by atoms with Crippen LogP contribution in [0.15, 0.2) is 52.7 Å². The van der Waals surface area contributed by atoms with Crippen LogP contribution in [-0.4, -0.2) is 23.1 Å². The number of amides is 1. The highest BCUT2D eigenvalue weighted by Gasteiger charge is 2.14. The molecule has 0 bridgehead atoms. The Bertz CT molecular complexity index is 928. The number of azo groups is 1. The van der Waals surface area contributed by atoms with Gasteiger partial charge in [-0.1, -0.05) is 25.1 Å². The summed E-state index contributed by atoms with van der Waals surface area (Å²) >= 11 is 0. The zero-order valence-electron chi connectivity index (χ0n) is 13.4. The van der Waals surface area contributed by atoms with E-state index in [-0.39, 0.29) is 11.6 Å². The molecule has 3 aromatic rings. The second-order valence-corrected chi connectivity index (χ2v) is 5.26. The summed E-state index contributed by atoms with van der Waals surface area (Å²) in [5, 5.41) is 18.5. The van der Waals surface area contributed by atoms with Crippen LogP contribution in [0.5, 0.6) is 11.6 Å². The molecule has 0 saturated carbocycles. The number of H-pyrrole nitrogens is 1. The van der Waals surface area contributed by atoms with Crippen molar-refractivity contribution in [1.29, 1.82) is 0 Å². The van der Waals surface area contributed by atoms with E-state index in [0.717, 1.165) is 22.9 Å². The summed E-state index contributed by atoms with van der Waals surface area (Å²) in [6.07, 6.45) is 0.860. The molecule has 0 aliphatic heterocycles. The molecule has 0 radical (unpaired) electrons. The molecule has 0 atom stereocenters. The lowest BCUT2D eigenvalue weighted by Gasteiger charge is -2.03. The molecular weight excluding hydrogens is 306 g/mol. The summed E-state index contributed by atoms with van der Waals surface area (Å²) in [6, 6.07) is 12.6. The van der Waals surface area contributed by atoms with Crippen LogP contribution in [0.25, 0.3) is 10.9 Å². The number of rotatable bonds is 4. The second-order valence-electron chi connectivity index (χ2n) is 5.26. The van der Waals surface area contributed by atoms with Crippen molar-refractivity contribution >= 4 is 22.5 Å². The number of benzene rings is 2. The average molecular weight is 323 g/mol. The van der Waals surface area contributed by atoms with Crippen molar-refractivity contribution in [2.75, 3.05) is 7.11 Å². The highest BCUT2D eigenvalue weighted by atomic mass is 16.5. The van der Waals surface area contributed by atoms with Gasteiger partial charge in [-0.25, -0.2) is 0 Å². The largest absolute Gasteiger partial charge is 0.496 e. The Labute approximate surface area is 138 Å². The first-order valence-corrected chi connectivity index (χ1v) is 7.56. The number of methoxy groups -OCH3 is 1. The highest BCUT2D eigenvalue weighted by molar-refractivity contribution is 5.98. The van der Waals surface area contributed by atoms with Crippen LogP contribution < -0.4 is 4.74 Å². The third-order valence-corrected chi connectivity index (χ3v) is 3.80. The fourth-order valence-corrected chi connectivity index (χ4v) is 2.50. The number of para-hydroxylation sites is 1. The van der Waals surface area contributed by atoms with Gasteiger partial charge in [-0.05, 0) is 36.2 Å². The van der Waals surface area contributed by atoms with Gasteiger partial charge in [0.25, 0.3) is 5.91 Å². The maximum atomic E-state index is 12.3. The van der Waals surface area contributed by atoms with Gasteiger partial charge in [-0.15, -0.1) is 10.2 Å². The molecule has 2 N–H and O–H groups in total. The summed E-state index contributed by atoms with van der Waals surface area (Å²) in [4.78, 5) is 15.1. The molecule has 1 heterocycles. The SMILES string of the molecule is CCc1ccc2[nH]c(O)c(N=NC(=O)c3ccccc3OC)c2c1. The van der Waals surface area contributed by atoms with E-state index < -0.39 is 5.91 Å². The molecule has 2 aromatic carbocycles. The van der Waals surface area contributed by atoms with Crippen LogP contribution in [0.1, 0.15) is 22.8 Å². The zero-order chi connectivity index (χ0) is 17.1. The third-order valence-electron chi connectivity index (χ3n) is 3.80. The van der Waals surface area contributed by atoms with Gasteiger partial charge in [0, 0.05) is 5.39 Å². The van der Waals surface area contributed by atoms with Crippen molar-refractivity contribution in [2.24, 2.45) is 10.2 Å². The van der Waals surface area contributed by atoms with E-state index in [9.17, 15) is 9.90 Å². The number of aromatic amines is 1. The maximum Gasteiger partial charge on any atom is 0.299 e. The fraction of sp³-hybridized carbons (Fsp3) is 0.167. The lowest BCUT2D eigenvalue weighted by molar-refractivity contribution is 0.0992. The molecule has 0 fully saturated rings. The smallest absolute Gasteiger partial charge is 0.299 e. The Hall–Kier alpha value is -3.15. The van der Waals surface area contributed by atoms with E-state index in [1.807, 2.05) is 25.1 Å². The van der Waals surface area contributed by atoms with Crippen LogP contribution in [0.4, 0.5) is 5.69 Å². The lowest BCUT2D eigenvalue weighted by Crippen LogP contribution is -1.97. The minimum absolute atomic E-state index is 0.116. The number of aromatic hydroxyl groups is 1. The van der Waals surface area contributed by atoms with E-state index in [1.54, 1.807) is 24.3 Å². The zero-order valence-corrected chi connectivity index (χ0v) is 13.4. The van der Waals surface area contributed by atoms with Crippen molar-refractivity contribution in [3.8, 4) is 11.6 Å². The van der Waals surface area contributed by atoms with Gasteiger partial charge in [0.1, 0.15) is 5.75 Å². The van der Waals surface area contributed by atoms with Crippen LogP contribution >= 0.6 is 0 Å². The van der Waals surface area contributed by atoms with E-state index >= 15 is 0 Å². The molecule has 0 spiro atoms. The molecule has 122 valence electrons. The summed E-state index contributed by atoms with van der Waals surface area (Å²) in [5.74, 6) is -0.222. The standard InChI is InChI=1S/C18H17N3O3/c1-3-11-8-9-14-13(10-11)16(18(23)19-14)20-21-17(22)12-6-4-5-7-15(12)24-2/h4-10,19,23H,3H2,1-2H3. The number of carbonyl (C=O) groups is 1. The van der Waals surface area contributed by atoms with Crippen molar-refractivity contribution in [2.45, 2.75) is 13.3 Å². The minimum atomic E-state index is -0.534. The van der Waals surface area contributed by atoms with Crippen molar-refractivity contribution in [3.63, 3.8) is 0 Å². The normalized spacial score (nSPS) is 11.2. The number of aryl methyl sites for hydroxylation is 1. The van der Waals surface area contributed by atoms with Crippen LogP contribution in [0.3, 0.4) is 0 Å². The Balaban J connectivity index is 1.98. The molecule has 24 heavy (non-hydrogen) atoms. The van der Waals surface area contributed by atoms with Gasteiger partial charge in [-0.2, -0.15) is 0 Å². The van der Waals surface area contributed by atoms with E-state index in [2.05, 4.69) is 15.2 Å². The minimum Gasteiger partial charge on any atom is -0.496 e. The summed E-state index contributed by atoms with van der Waals surface area (Å²) < 4.78 is 5.15. The van der Waals surface area contributed by atoms with Crippen LogP contribution in [0, 0.1) is 0 Å². The molecule has 6 heteroatoms. The number of hydrogen-bond acceptors (Lipinski definition) is 4. The Morgan fingerprint density at radius 1 is 1.25 bits per heavy atom. The van der Waals surface area contributed by atoms with Crippen LogP contribution in [-0.2, 0) is 6.42 Å². The Kier molecular flexibility index (Phi) is 4.29. The van der Waals surface area contributed by atoms with Gasteiger partial charge >= 0.3 is 0 Å². The highest BCUT2D eigenvalue weighted by Crippen LogP contribution is 2.36. The van der Waals surface area contributed by atoms with Crippen LogP contribution in [0.2, 0.25) is 0 Å². The van der Waals surface area contributed by atoms with Gasteiger partial charge < -0.3 is 14.8 Å². The van der Waals surface area contributed by atoms with Gasteiger partial charge in [0.15, 0.2) is 5.69 Å². The first-order valence-electron chi connectivity index (χ1n) is 7.56. The summed E-state index contributed by atoms with van der Waals surface area (Å²) in [5.41, 5.74) is 2.42. The number of nitrogens with zero attached hydrogens (tertiary/aromatic N) is 2. The average Bonchev–Trinajstić information content (AvgIpc) is 2.93. The van der Waals surface area contributed by atoms with Crippen molar-refractivity contribution in [1.82, 2.24) is 4.98 Å². The molecule has 0 unspecified atom stereocenters. The summed E-state index contributed by atoms with van der Waals surface area (Å²) in [7, 11) is 1.49. The maximum absolute atomic E-state index is 12.3. The first kappa shape index (κ1) is 15.7. The predicted molar refractivity (Wildman–Crippen MR) is 91.2 cm³/mol. The molecule has 0 aliphatic carbocycles. The Morgan fingerprint density at radius 3 is 2.79 bits per heavy atom. The summed E-state index contributed by atoms with van der Waals surface area (Å²) in [6.45, 7) is 2.04. The topological polar surface area (TPSA) is 87.0 Å². The number of fused-ring (bicyclic) bond motifs is 1. The fourth-order valence-electron chi connectivity index (χ4n) is 2.50. The first-order chi connectivity index (χ1) is 11.6. The van der Waals surface area contributed by atoms with Gasteiger partial charge in [-0.3, -0.25) is 4.79 Å². The van der Waals surface area contributed by atoms with E-state index in [4.69, 9.17) is 4.74 Å². The van der Waals surface area contributed by atoms with E-state index in [0.29, 0.717) is 11.3 Å². The molecule has 0 aliphatic rings. The molecule has 1 amide bonds. The third kappa shape index (κ3) is 2.86. The quantitative estimate of drug-likeness (QED) is 0.699. The lowest BCUT2D eigenvalue weighted by atomic mass is 10.1. The number of carbonyl (C=O) groups excluding carboxylic acids is 1. The van der Waals surface area contributed by atoms with Gasteiger partial charge in [0.2, 0.25) is 5.88 Å². The second kappa shape index (κ2) is 6.54. The monoisotopic (exact) mass is 323 g/mol. The predicted octanol–water partition coefficient (Wildman–Crippen LogP) is 4.37. The molecule has 6 nitrogen and oxygen atoms in total. The van der Waals surface area contributed by atoms with E-state index in [1.165, 1.54) is 7.11 Å². The molecule has 0 saturated heterocycles. The molecule has 1 aromatic heterocycles. The number of nitrogens with one attached hydrogen (secondary N) is 1.